The molecule has 0 atom stereocenters. The van der Waals surface area contributed by atoms with Crippen LogP contribution in [0.1, 0.15) is 32.1 Å². The second-order valence-corrected chi connectivity index (χ2v) is 15.6. The lowest BCUT2D eigenvalue weighted by atomic mass is 9.88. The van der Waals surface area contributed by atoms with Gasteiger partial charge in [0.05, 0.1) is 0 Å². The highest BCUT2D eigenvalue weighted by molar-refractivity contribution is 5.17. The molecule has 0 aromatic heterocycles. The third-order valence-corrected chi connectivity index (χ3v) is 10.2. The van der Waals surface area contributed by atoms with Gasteiger partial charge in [-0.2, -0.15) is 206 Å². The molecule has 0 radical (unpaired) electrons. The van der Waals surface area contributed by atoms with Crippen LogP contribution < -0.4 is 0 Å². The maximum atomic E-state index is 14.4. The Morgan fingerprint density at radius 2 is 0.295 bits per heavy atom. The summed E-state index contributed by atoms with van der Waals surface area (Å²) in [6, 6.07) is 0. The molecule has 0 aliphatic carbocycles. The summed E-state index contributed by atoms with van der Waals surface area (Å²) in [5.41, 5.74) is 0. The average Bonchev–Trinajstić information content (AvgIpc) is 3.19. The van der Waals surface area contributed by atoms with Crippen molar-refractivity contribution in [3.05, 3.63) is 0 Å². The Morgan fingerprint density at radius 3 is 0.462 bits per heavy atom. The molecule has 0 N–H and O–H groups in total. The van der Waals surface area contributed by atoms with Crippen LogP contribution in [0, 0.1) is 0 Å². The molecule has 0 heterocycles. The fraction of sp³-hybridized carbons (Fsp3) is 1.00. The van der Waals surface area contributed by atoms with Crippen LogP contribution in [0.3, 0.4) is 0 Å². The lowest BCUT2D eigenvalue weighted by Crippen LogP contribution is -2.74. The first-order chi connectivity index (χ1) is 33.0. The van der Waals surface area contributed by atoms with E-state index in [2.05, 4.69) is 0 Å². The van der Waals surface area contributed by atoms with E-state index in [1.807, 2.05) is 0 Å². The first-order valence-electron chi connectivity index (χ1n) is 18.1. The summed E-state index contributed by atoms with van der Waals surface area (Å²) in [6.45, 7) is -8.80. The van der Waals surface area contributed by atoms with E-state index in [9.17, 15) is 206 Å². The van der Waals surface area contributed by atoms with E-state index in [0.29, 0.717) is 0 Å². The normalized spacial score (nSPS) is 16.9. The Labute approximate surface area is 395 Å². The molecule has 0 unspecified atom stereocenters. The van der Waals surface area contributed by atoms with Gasteiger partial charge in [0.2, 0.25) is 0 Å². The molecule has 0 fully saturated rings. The van der Waals surface area contributed by atoms with E-state index in [1.165, 1.54) is 0 Å². The third-order valence-electron chi connectivity index (χ3n) is 10.2. The zero-order valence-electron chi connectivity index (χ0n) is 34.9. The molecule has 0 aliphatic rings. The van der Waals surface area contributed by atoms with Crippen LogP contribution in [0.4, 0.5) is 206 Å². The highest BCUT2D eigenvalue weighted by Gasteiger charge is 2.97. The van der Waals surface area contributed by atoms with Gasteiger partial charge in [-0.3, -0.25) is 0 Å². The molecule has 0 saturated carbocycles. The molecule has 0 saturated heterocycles. The minimum Gasteiger partial charge on any atom is -0.303 e. The lowest BCUT2D eigenvalue weighted by Gasteiger charge is -2.43. The second kappa shape index (κ2) is 19.9. The smallest absolute Gasteiger partial charge is 0.303 e. The van der Waals surface area contributed by atoms with E-state index in [1.54, 1.807) is 0 Å². The van der Waals surface area contributed by atoms with Crippen molar-refractivity contribution >= 4 is 0 Å². The molecular formula is C30H16F47N. The van der Waals surface area contributed by atoms with Crippen molar-refractivity contribution in [2.45, 2.75) is 163 Å². The lowest BCUT2D eigenvalue weighted by molar-refractivity contribution is -0.461. The van der Waals surface area contributed by atoms with Gasteiger partial charge in [0, 0.05) is 25.8 Å². The zero-order valence-corrected chi connectivity index (χ0v) is 34.9. The van der Waals surface area contributed by atoms with E-state index >= 15 is 0 Å². The highest BCUT2D eigenvalue weighted by Crippen LogP contribution is 2.67. The van der Waals surface area contributed by atoms with Gasteiger partial charge in [0.25, 0.3) is 0 Å². The minimum atomic E-state index is -9.37. The molecule has 1 nitrogen and oxygen atoms in total. The van der Waals surface area contributed by atoms with Crippen LogP contribution in [0.5, 0.6) is 0 Å². The molecule has 0 amide bonds. The first-order valence-corrected chi connectivity index (χ1v) is 18.1. The van der Waals surface area contributed by atoms with E-state index in [4.69, 9.17) is 0 Å². The molecule has 0 aromatic rings. The van der Waals surface area contributed by atoms with Gasteiger partial charge in [-0.05, 0) is 25.9 Å². The van der Waals surface area contributed by atoms with Gasteiger partial charge in [0.1, 0.15) is 0 Å². The number of halogens is 47. The fourth-order valence-electron chi connectivity index (χ4n) is 5.35. The van der Waals surface area contributed by atoms with Crippen molar-refractivity contribution in [1.82, 2.24) is 4.90 Å². The molecule has 0 bridgehead atoms. The highest BCUT2D eigenvalue weighted by atomic mass is 19.5. The monoisotopic (exact) mass is 1280 g/mol. The van der Waals surface area contributed by atoms with Crippen molar-refractivity contribution in [2.75, 3.05) is 19.6 Å². The predicted octanol–water partition coefficient (Wildman–Crippen LogP) is 17.0. The van der Waals surface area contributed by atoms with Gasteiger partial charge in [0.15, 0.2) is 0 Å². The fourth-order valence-corrected chi connectivity index (χ4v) is 5.35. The summed E-state index contributed by atoms with van der Waals surface area (Å²) in [7, 11) is 0. The number of hydrogen-bond acceptors (Lipinski definition) is 1. The molecule has 470 valence electrons. The Bertz CT molecular complexity index is 1920. The van der Waals surface area contributed by atoms with Crippen LogP contribution in [-0.4, -0.2) is 156 Å². The second-order valence-electron chi connectivity index (χ2n) is 15.6. The molecule has 48 heteroatoms. The van der Waals surface area contributed by atoms with Crippen LogP contribution in [-0.2, 0) is 0 Å². The van der Waals surface area contributed by atoms with Gasteiger partial charge in [-0.15, -0.1) is 0 Å². The number of hydrogen-bond donors (Lipinski definition) is 0. The minimum absolute atomic E-state index is 1.27. The maximum Gasteiger partial charge on any atom is 0.460 e. The summed E-state index contributed by atoms with van der Waals surface area (Å²) in [5, 5.41) is 0. The Hall–Kier alpha value is -3.33. The van der Waals surface area contributed by atoms with E-state index in [0.717, 1.165) is 0 Å². The molecule has 0 rings (SSSR count). The predicted molar refractivity (Wildman–Crippen MR) is 152 cm³/mol. The number of alkyl halides is 47. The van der Waals surface area contributed by atoms with Gasteiger partial charge in [-0.1, -0.05) is 0 Å². The molecular weight excluding hydrogens is 1270 g/mol. The van der Waals surface area contributed by atoms with E-state index in [-0.39, 0.29) is 0 Å². The summed E-state index contributed by atoms with van der Waals surface area (Å²) in [4.78, 5) is -1.27. The average molecular weight is 1280 g/mol. The van der Waals surface area contributed by atoms with Crippen molar-refractivity contribution in [1.29, 1.82) is 0 Å². The van der Waals surface area contributed by atoms with Crippen molar-refractivity contribution in [2.24, 2.45) is 0 Å². The van der Waals surface area contributed by atoms with Crippen molar-refractivity contribution < 1.29 is 206 Å². The summed E-state index contributed by atoms with van der Waals surface area (Å²) >= 11 is 0. The molecule has 78 heavy (non-hydrogen) atoms. The Kier molecular flexibility index (Phi) is 19.1. The van der Waals surface area contributed by atoms with E-state index < -0.39 is 188 Å². The van der Waals surface area contributed by atoms with Crippen LogP contribution in [0.15, 0.2) is 0 Å². The van der Waals surface area contributed by atoms with Crippen LogP contribution in [0.25, 0.3) is 0 Å². The van der Waals surface area contributed by atoms with Gasteiger partial charge in [-0.25, -0.2) is 0 Å². The molecule has 0 aliphatic heterocycles. The molecule has 0 spiro atoms. The maximum absolute atomic E-state index is 14.4. The van der Waals surface area contributed by atoms with Gasteiger partial charge < -0.3 is 4.90 Å². The largest absolute Gasteiger partial charge is 0.460 e. The topological polar surface area (TPSA) is 3.24 Å². The van der Waals surface area contributed by atoms with Crippen molar-refractivity contribution in [3.63, 3.8) is 0 Å². The summed E-state index contributed by atoms with van der Waals surface area (Å²) in [5.74, 6) is -167. The first kappa shape index (κ1) is 74.7. The summed E-state index contributed by atoms with van der Waals surface area (Å²) < 4.78 is 637. The van der Waals surface area contributed by atoms with Crippen LogP contribution in [0.2, 0.25) is 0 Å². The number of nitrogens with zero attached hydrogens (tertiary/aromatic N) is 1. The zero-order chi connectivity index (χ0) is 64.2. The third kappa shape index (κ3) is 10.6. The van der Waals surface area contributed by atoms with Crippen LogP contribution >= 0.6 is 0 Å². The quantitative estimate of drug-likeness (QED) is 0.0741. The summed E-state index contributed by atoms with van der Waals surface area (Å²) in [6.07, 6.45) is -42.4. The number of rotatable bonds is 27. The molecule has 0 aromatic carbocycles. The standard InChI is InChI=1S/C30H16F47N/c31-9(32,12(37,38)15(43,44)18(49,50)20(53,54)23(59,60)26(65,66)29(72,73)74)3-1-6-78(8-5-11(35,36)14(41,42)17(47,48)22(57,58)25(63,64)28(69,70)71)7-2-4-10(33,34)13(39,40)16(45,46)19(51,52)21(55,56)24(61,62)27(67,68)30(75,76)77/h1-8H2. The SMILES string of the molecule is FC(F)(F)C(F)(F)C(F)(F)C(F)(F)C(F)(F)C(F)(F)CCN(CCCC(F)(F)C(F)(F)C(F)(F)C(F)(F)C(F)(F)C(F)(F)C(F)(F)C(F)(F)F)CCCC(F)(F)C(F)(F)C(F)(F)C(F)(F)C(F)(F)C(F)(F)C(F)(F)C(F)(F)F. The Balaban J connectivity index is 7.56. The van der Waals surface area contributed by atoms with Gasteiger partial charge >= 0.3 is 131 Å². The Morgan fingerprint density at radius 1 is 0.154 bits per heavy atom. The van der Waals surface area contributed by atoms with Crippen molar-refractivity contribution in [3.8, 4) is 0 Å².